The second-order valence-electron chi connectivity index (χ2n) is 10.5. The second-order valence-corrected chi connectivity index (χ2v) is 10.9. The Bertz CT molecular complexity index is 1600. The third kappa shape index (κ3) is 5.47. The summed E-state index contributed by atoms with van der Waals surface area (Å²) < 4.78 is 0. The summed E-state index contributed by atoms with van der Waals surface area (Å²) in [6.07, 6.45) is 2.27. The molecule has 1 heterocycles. The Morgan fingerprint density at radius 2 is 1.57 bits per heavy atom. The minimum absolute atomic E-state index is 0.142. The summed E-state index contributed by atoms with van der Waals surface area (Å²) in [4.78, 5) is 21.6. The molecule has 4 aromatic carbocycles. The molecule has 0 saturated carbocycles. The molecule has 0 saturated heterocycles. The monoisotopic (exact) mass is 552 g/mol. The largest absolute Gasteiger partial charge is 0.508 e. The topological polar surface area (TPSA) is 73.1 Å². The highest BCUT2D eigenvalue weighted by Crippen LogP contribution is 2.37. The average molecular weight is 553 g/mol. The minimum atomic E-state index is -1.14. The number of fused-ring (bicyclic) bond motifs is 1. The van der Waals surface area contributed by atoms with E-state index in [2.05, 4.69) is 32.0 Å². The number of phenols is 2. The number of anilines is 1. The van der Waals surface area contributed by atoms with Crippen molar-refractivity contribution < 1.29 is 15.0 Å². The third-order valence-electron chi connectivity index (χ3n) is 7.54. The molecule has 1 unspecified atom stereocenters. The van der Waals surface area contributed by atoms with Gasteiger partial charge in [-0.3, -0.25) is 9.79 Å². The van der Waals surface area contributed by atoms with E-state index >= 15 is 0 Å². The molecule has 1 atom stereocenters. The maximum absolute atomic E-state index is 14.6. The highest BCUT2D eigenvalue weighted by atomic mass is 35.5. The van der Waals surface area contributed by atoms with E-state index in [4.69, 9.17) is 16.6 Å². The molecule has 5 nitrogen and oxygen atoms in total. The summed E-state index contributed by atoms with van der Waals surface area (Å²) in [5, 5.41) is 20.6. The van der Waals surface area contributed by atoms with Crippen LogP contribution in [0.4, 0.5) is 5.69 Å². The highest BCUT2D eigenvalue weighted by Gasteiger charge is 2.41. The first-order chi connectivity index (χ1) is 19.2. The predicted octanol–water partition coefficient (Wildman–Crippen LogP) is 7.26. The molecule has 2 N–H and O–H groups in total. The standard InChI is InChI=1S/C34H33ClN2O3/c1-4-24-10-9-22(17-25(24)5-2)20-34(3)33(40)37(21-23-7-6-8-29(39)18-23)31-16-13-27(35)19-30(31)32(36-34)26-11-14-28(38)15-12-26/h6-19,38-39H,4-5,20-21H2,1-3H3. The van der Waals surface area contributed by atoms with Crippen LogP contribution in [0.1, 0.15) is 54.2 Å². The van der Waals surface area contributed by atoms with Crippen LogP contribution in [0.15, 0.2) is 89.9 Å². The van der Waals surface area contributed by atoms with Crippen molar-refractivity contribution >= 4 is 28.9 Å². The van der Waals surface area contributed by atoms with Gasteiger partial charge in [0.15, 0.2) is 0 Å². The first-order valence-electron chi connectivity index (χ1n) is 13.6. The summed E-state index contributed by atoms with van der Waals surface area (Å²) in [6.45, 7) is 6.44. The molecule has 0 fully saturated rings. The van der Waals surface area contributed by atoms with Gasteiger partial charge in [-0.25, -0.2) is 0 Å². The van der Waals surface area contributed by atoms with Crippen LogP contribution in [0.5, 0.6) is 11.5 Å². The number of amides is 1. The molecule has 4 aromatic rings. The van der Waals surface area contributed by atoms with Gasteiger partial charge in [-0.05, 0) is 96.6 Å². The third-order valence-corrected chi connectivity index (χ3v) is 7.78. The molecule has 6 heteroatoms. The lowest BCUT2D eigenvalue weighted by atomic mass is 9.89. The number of rotatable bonds is 7. The number of aromatic hydroxyl groups is 2. The summed E-state index contributed by atoms with van der Waals surface area (Å²) in [6, 6.07) is 25.7. The number of benzene rings is 4. The number of aliphatic imine (C=N–C) groups is 1. The zero-order valence-corrected chi connectivity index (χ0v) is 23.7. The Balaban J connectivity index is 1.71. The molecule has 0 aliphatic carbocycles. The van der Waals surface area contributed by atoms with E-state index in [-0.39, 0.29) is 24.0 Å². The SMILES string of the molecule is CCc1ccc(CC2(C)N=C(c3ccc(O)cc3)c3cc(Cl)ccc3N(Cc3cccc(O)c3)C2=O)cc1CC. The number of hydrogen-bond acceptors (Lipinski definition) is 4. The second kappa shape index (κ2) is 11.2. The highest BCUT2D eigenvalue weighted by molar-refractivity contribution is 6.32. The Hall–Kier alpha value is -4.09. The van der Waals surface area contributed by atoms with Crippen LogP contribution in [-0.2, 0) is 30.6 Å². The van der Waals surface area contributed by atoms with Gasteiger partial charge in [-0.1, -0.05) is 55.8 Å². The van der Waals surface area contributed by atoms with E-state index < -0.39 is 5.54 Å². The number of benzodiazepines with no additional fused rings is 1. The van der Waals surface area contributed by atoms with Gasteiger partial charge in [0.05, 0.1) is 17.9 Å². The molecule has 204 valence electrons. The number of nitrogens with zero attached hydrogens (tertiary/aromatic N) is 2. The van der Waals surface area contributed by atoms with Gasteiger partial charge >= 0.3 is 0 Å². The van der Waals surface area contributed by atoms with Crippen LogP contribution in [0.25, 0.3) is 0 Å². The van der Waals surface area contributed by atoms with Crippen molar-refractivity contribution in [3.8, 4) is 11.5 Å². The number of hydrogen-bond donors (Lipinski definition) is 2. The molecular formula is C34H33ClN2O3. The van der Waals surface area contributed by atoms with Crippen LogP contribution in [-0.4, -0.2) is 27.4 Å². The van der Waals surface area contributed by atoms with Crippen molar-refractivity contribution in [3.63, 3.8) is 0 Å². The van der Waals surface area contributed by atoms with Gasteiger partial charge in [0.25, 0.3) is 5.91 Å². The lowest BCUT2D eigenvalue weighted by molar-refractivity contribution is -0.123. The van der Waals surface area contributed by atoms with Crippen molar-refractivity contribution in [2.24, 2.45) is 4.99 Å². The molecule has 1 aliphatic rings. The molecule has 5 rings (SSSR count). The fourth-order valence-electron chi connectivity index (χ4n) is 5.50. The number of carbonyl (C=O) groups excluding carboxylic acids is 1. The molecule has 0 radical (unpaired) electrons. The lowest BCUT2D eigenvalue weighted by Gasteiger charge is -2.31. The zero-order chi connectivity index (χ0) is 28.4. The van der Waals surface area contributed by atoms with Crippen molar-refractivity contribution in [3.05, 3.63) is 123 Å². The fourth-order valence-corrected chi connectivity index (χ4v) is 5.67. The number of carbonyl (C=O) groups is 1. The van der Waals surface area contributed by atoms with E-state index in [0.717, 1.165) is 35.1 Å². The van der Waals surface area contributed by atoms with Gasteiger partial charge < -0.3 is 15.1 Å². The van der Waals surface area contributed by atoms with E-state index in [1.54, 1.807) is 53.4 Å². The summed E-state index contributed by atoms with van der Waals surface area (Å²) in [5.74, 6) is 0.144. The molecule has 1 amide bonds. The molecule has 0 bridgehead atoms. The van der Waals surface area contributed by atoms with E-state index in [1.165, 1.54) is 11.1 Å². The summed E-state index contributed by atoms with van der Waals surface area (Å²) in [7, 11) is 0. The quantitative estimate of drug-likeness (QED) is 0.253. The maximum atomic E-state index is 14.6. The van der Waals surface area contributed by atoms with Gasteiger partial charge in [0.1, 0.15) is 17.0 Å². The van der Waals surface area contributed by atoms with Crippen molar-refractivity contribution in [2.45, 2.75) is 52.1 Å². The van der Waals surface area contributed by atoms with Crippen LogP contribution in [0.3, 0.4) is 0 Å². The van der Waals surface area contributed by atoms with E-state index in [9.17, 15) is 15.0 Å². The Morgan fingerprint density at radius 3 is 2.27 bits per heavy atom. The van der Waals surface area contributed by atoms with Crippen molar-refractivity contribution in [1.82, 2.24) is 0 Å². The van der Waals surface area contributed by atoms with Gasteiger partial charge in [0, 0.05) is 22.6 Å². The van der Waals surface area contributed by atoms with Gasteiger partial charge in [0.2, 0.25) is 0 Å². The summed E-state index contributed by atoms with van der Waals surface area (Å²) in [5.41, 5.74) is 6.10. The van der Waals surface area contributed by atoms with Crippen LogP contribution >= 0.6 is 11.6 Å². The number of phenolic OH excluding ortho intramolecular Hbond substituents is 2. The molecular weight excluding hydrogens is 520 g/mol. The fraction of sp³-hybridized carbons (Fsp3) is 0.235. The Kier molecular flexibility index (Phi) is 7.68. The summed E-state index contributed by atoms with van der Waals surface area (Å²) >= 11 is 6.50. The maximum Gasteiger partial charge on any atom is 0.255 e. The van der Waals surface area contributed by atoms with Crippen LogP contribution < -0.4 is 4.90 Å². The Labute approximate surface area is 240 Å². The number of aryl methyl sites for hydroxylation is 2. The van der Waals surface area contributed by atoms with Crippen molar-refractivity contribution in [1.29, 1.82) is 0 Å². The van der Waals surface area contributed by atoms with Gasteiger partial charge in [-0.2, -0.15) is 0 Å². The van der Waals surface area contributed by atoms with E-state index in [0.29, 0.717) is 22.8 Å². The predicted molar refractivity (Wildman–Crippen MR) is 162 cm³/mol. The molecule has 1 aliphatic heterocycles. The first-order valence-corrected chi connectivity index (χ1v) is 14.0. The van der Waals surface area contributed by atoms with Crippen molar-refractivity contribution in [2.75, 3.05) is 4.90 Å². The molecule has 40 heavy (non-hydrogen) atoms. The first kappa shape index (κ1) is 27.5. The van der Waals surface area contributed by atoms with Crippen LogP contribution in [0, 0.1) is 0 Å². The molecule has 0 spiro atoms. The van der Waals surface area contributed by atoms with Crippen LogP contribution in [0.2, 0.25) is 5.02 Å². The van der Waals surface area contributed by atoms with Gasteiger partial charge in [-0.15, -0.1) is 0 Å². The normalized spacial score (nSPS) is 16.9. The smallest absolute Gasteiger partial charge is 0.255 e. The number of halogens is 1. The average Bonchev–Trinajstić information content (AvgIpc) is 3.02. The van der Waals surface area contributed by atoms with E-state index in [1.807, 2.05) is 25.1 Å². The zero-order valence-electron chi connectivity index (χ0n) is 23.0. The minimum Gasteiger partial charge on any atom is -0.508 e. The Morgan fingerprint density at radius 1 is 0.825 bits per heavy atom. The lowest BCUT2D eigenvalue weighted by Crippen LogP contribution is -2.46. The molecule has 0 aromatic heterocycles.